The first-order chi connectivity index (χ1) is 15.5. The molecular weight excluding hydrogens is 452 g/mol. The number of carbonyl (C=O) groups excluding carboxylic acids is 3. The van der Waals surface area contributed by atoms with Crippen molar-refractivity contribution in [2.45, 2.75) is 56.5 Å². The summed E-state index contributed by atoms with van der Waals surface area (Å²) in [5, 5.41) is 33.1. The van der Waals surface area contributed by atoms with Gasteiger partial charge < -0.3 is 36.6 Å². The van der Waals surface area contributed by atoms with Crippen LogP contribution in [0.5, 0.6) is 5.75 Å². The fourth-order valence-electron chi connectivity index (χ4n) is 3.59. The van der Waals surface area contributed by atoms with E-state index in [0.717, 1.165) is 5.56 Å². The van der Waals surface area contributed by atoms with Crippen molar-refractivity contribution >= 4 is 36.3 Å². The summed E-state index contributed by atoms with van der Waals surface area (Å²) in [4.78, 5) is 50.8. The number of benzene rings is 1. The second-order valence-electron chi connectivity index (χ2n) is 7.98. The number of aliphatic hydroxyl groups excluding tert-OH is 1. The number of carboxylic acids is 1. The molecule has 2 rings (SSSR count). The highest BCUT2D eigenvalue weighted by molar-refractivity contribution is 7.80. The molecule has 1 saturated heterocycles. The molecule has 5 atom stereocenters. The first-order valence-corrected chi connectivity index (χ1v) is 11.1. The average molecular weight is 483 g/mol. The van der Waals surface area contributed by atoms with Crippen LogP contribution in [0.4, 0.5) is 0 Å². The van der Waals surface area contributed by atoms with Crippen molar-refractivity contribution in [3.05, 3.63) is 29.8 Å². The maximum Gasteiger partial charge on any atom is 0.327 e. The number of nitrogens with one attached hydrogen (secondary N) is 2. The number of aliphatic hydroxyl groups is 1. The lowest BCUT2D eigenvalue weighted by atomic mass is 10.0. The number of hydrogen-bond donors (Lipinski definition) is 7. The normalized spacial score (nSPS) is 19.3. The number of likely N-dealkylation sites (tertiary alicyclic amines) is 1. The Morgan fingerprint density at radius 3 is 2.39 bits per heavy atom. The first kappa shape index (κ1) is 26.4. The Kier molecular flexibility index (Phi) is 9.50. The highest BCUT2D eigenvalue weighted by atomic mass is 32.1. The Morgan fingerprint density at radius 1 is 1.21 bits per heavy atom. The van der Waals surface area contributed by atoms with Crippen molar-refractivity contribution < 1.29 is 34.5 Å². The second kappa shape index (κ2) is 11.9. The van der Waals surface area contributed by atoms with E-state index in [2.05, 4.69) is 23.3 Å². The molecule has 0 aromatic heterocycles. The number of nitrogens with two attached hydrogens (primary N) is 1. The van der Waals surface area contributed by atoms with Crippen molar-refractivity contribution in [1.82, 2.24) is 15.5 Å². The predicted octanol–water partition coefficient (Wildman–Crippen LogP) is -1.38. The van der Waals surface area contributed by atoms with Gasteiger partial charge in [-0.05, 0) is 43.9 Å². The maximum absolute atomic E-state index is 12.9. The fourth-order valence-corrected chi connectivity index (χ4v) is 3.84. The lowest BCUT2D eigenvalue weighted by Gasteiger charge is -2.29. The van der Waals surface area contributed by atoms with E-state index in [4.69, 9.17) is 10.8 Å². The topological polar surface area (TPSA) is 182 Å². The number of carboxylic acid groups (broad SMARTS) is 1. The van der Waals surface area contributed by atoms with Gasteiger partial charge >= 0.3 is 5.97 Å². The largest absolute Gasteiger partial charge is 0.508 e. The monoisotopic (exact) mass is 482 g/mol. The van der Waals surface area contributed by atoms with Crippen molar-refractivity contribution in [3.63, 3.8) is 0 Å². The van der Waals surface area contributed by atoms with Crippen molar-refractivity contribution in [2.24, 2.45) is 5.73 Å². The lowest BCUT2D eigenvalue weighted by Crippen LogP contribution is -2.59. The van der Waals surface area contributed by atoms with E-state index in [-0.39, 0.29) is 17.9 Å². The minimum atomic E-state index is -1.41. The third-order valence-electron chi connectivity index (χ3n) is 5.41. The molecule has 1 heterocycles. The molecule has 3 amide bonds. The molecule has 0 aliphatic carbocycles. The van der Waals surface area contributed by atoms with Crippen LogP contribution in [-0.4, -0.2) is 86.5 Å². The number of amides is 3. The molecule has 0 radical (unpaired) electrons. The van der Waals surface area contributed by atoms with Gasteiger partial charge in [0.2, 0.25) is 17.7 Å². The minimum Gasteiger partial charge on any atom is -0.508 e. The molecule has 0 spiro atoms. The minimum absolute atomic E-state index is 0.0932. The molecule has 0 bridgehead atoms. The number of phenolic OH excluding ortho intramolecular Hbond substituents is 1. The molecule has 1 aromatic rings. The Morgan fingerprint density at radius 2 is 1.85 bits per heavy atom. The number of hydrogen-bond acceptors (Lipinski definition) is 8. The molecule has 33 heavy (non-hydrogen) atoms. The van der Waals surface area contributed by atoms with Gasteiger partial charge in [-0.25, -0.2) is 4.79 Å². The van der Waals surface area contributed by atoms with Crippen LogP contribution in [-0.2, 0) is 25.6 Å². The zero-order valence-corrected chi connectivity index (χ0v) is 19.1. The summed E-state index contributed by atoms with van der Waals surface area (Å²) in [6.07, 6.45) is -0.192. The highest BCUT2D eigenvalue weighted by Gasteiger charge is 2.38. The van der Waals surface area contributed by atoms with E-state index >= 15 is 0 Å². The Labute approximate surface area is 196 Å². The van der Waals surface area contributed by atoms with Crippen LogP contribution in [0.2, 0.25) is 0 Å². The lowest BCUT2D eigenvalue weighted by molar-refractivity contribution is -0.143. The third-order valence-corrected chi connectivity index (χ3v) is 5.77. The molecule has 7 N–H and O–H groups in total. The van der Waals surface area contributed by atoms with Crippen LogP contribution >= 0.6 is 12.6 Å². The van der Waals surface area contributed by atoms with Gasteiger partial charge in [-0.1, -0.05) is 12.1 Å². The Balaban J connectivity index is 2.05. The van der Waals surface area contributed by atoms with Gasteiger partial charge in [-0.15, -0.1) is 0 Å². The number of phenols is 1. The molecule has 0 saturated carbocycles. The van der Waals surface area contributed by atoms with E-state index < -0.39 is 54.0 Å². The van der Waals surface area contributed by atoms with Crippen molar-refractivity contribution in [2.75, 3.05) is 12.3 Å². The molecule has 12 heteroatoms. The molecular formula is C21H30N4O7S. The molecule has 11 nitrogen and oxygen atoms in total. The van der Waals surface area contributed by atoms with Gasteiger partial charge in [0.05, 0.1) is 12.1 Å². The van der Waals surface area contributed by atoms with Crippen LogP contribution in [0.1, 0.15) is 25.3 Å². The summed E-state index contributed by atoms with van der Waals surface area (Å²) in [6.45, 7) is 1.60. The number of thiol groups is 1. The van der Waals surface area contributed by atoms with Crippen LogP contribution in [0.3, 0.4) is 0 Å². The summed E-state index contributed by atoms with van der Waals surface area (Å²) in [5.74, 6) is -3.33. The van der Waals surface area contributed by atoms with Gasteiger partial charge in [0.1, 0.15) is 23.9 Å². The van der Waals surface area contributed by atoms with Crippen LogP contribution in [0.15, 0.2) is 24.3 Å². The predicted molar refractivity (Wildman–Crippen MR) is 122 cm³/mol. The van der Waals surface area contributed by atoms with Gasteiger partial charge in [0.15, 0.2) is 0 Å². The molecule has 182 valence electrons. The van der Waals surface area contributed by atoms with Crippen LogP contribution < -0.4 is 16.4 Å². The van der Waals surface area contributed by atoms with E-state index in [1.165, 1.54) is 24.0 Å². The number of rotatable bonds is 10. The molecule has 1 fully saturated rings. The molecule has 1 aromatic carbocycles. The van der Waals surface area contributed by atoms with E-state index in [1.54, 1.807) is 12.1 Å². The van der Waals surface area contributed by atoms with E-state index in [9.17, 15) is 29.4 Å². The van der Waals surface area contributed by atoms with Crippen molar-refractivity contribution in [1.29, 1.82) is 0 Å². The summed E-state index contributed by atoms with van der Waals surface area (Å²) in [7, 11) is 0. The number of aliphatic carboxylic acids is 1. The standard InChI is InChI=1S/C21H30N4O7S/c1-11(26)17(19(29)23-15(10-33)21(31)32)24-18(28)16-3-2-8-25(16)20(30)14(22)9-12-4-6-13(27)7-5-12/h4-7,11,14-17,26-27,33H,2-3,8-10,22H2,1H3,(H,23,29)(H,24,28)(H,31,32). The van der Waals surface area contributed by atoms with Gasteiger partial charge in [0.25, 0.3) is 0 Å². The molecule has 5 unspecified atom stereocenters. The first-order valence-electron chi connectivity index (χ1n) is 10.5. The fraction of sp³-hybridized carbons (Fsp3) is 0.524. The Bertz CT molecular complexity index is 865. The highest BCUT2D eigenvalue weighted by Crippen LogP contribution is 2.20. The maximum atomic E-state index is 12.9. The SMILES string of the molecule is CC(O)C(NC(=O)C1CCCN1C(=O)C(N)Cc1ccc(O)cc1)C(=O)NC(CS)C(=O)O. The molecule has 1 aliphatic heterocycles. The summed E-state index contributed by atoms with van der Waals surface area (Å²) in [5.41, 5.74) is 6.82. The van der Waals surface area contributed by atoms with E-state index in [1.807, 2.05) is 0 Å². The zero-order chi connectivity index (χ0) is 24.7. The number of carbonyl (C=O) groups is 4. The average Bonchev–Trinajstić information content (AvgIpc) is 3.26. The van der Waals surface area contributed by atoms with Crippen LogP contribution in [0.25, 0.3) is 0 Å². The third kappa shape index (κ3) is 7.07. The summed E-state index contributed by atoms with van der Waals surface area (Å²) in [6, 6.07) is 1.78. The molecule has 1 aliphatic rings. The number of aromatic hydroxyl groups is 1. The number of nitrogens with zero attached hydrogens (tertiary/aromatic N) is 1. The van der Waals surface area contributed by atoms with Gasteiger partial charge in [-0.2, -0.15) is 12.6 Å². The zero-order valence-electron chi connectivity index (χ0n) is 18.2. The Hall–Kier alpha value is -2.83. The van der Waals surface area contributed by atoms with E-state index in [0.29, 0.717) is 19.4 Å². The van der Waals surface area contributed by atoms with Gasteiger partial charge in [-0.3, -0.25) is 14.4 Å². The quantitative estimate of drug-likeness (QED) is 0.199. The smallest absolute Gasteiger partial charge is 0.327 e. The summed E-state index contributed by atoms with van der Waals surface area (Å²) < 4.78 is 0. The summed E-state index contributed by atoms with van der Waals surface area (Å²) >= 11 is 3.87. The van der Waals surface area contributed by atoms with Gasteiger partial charge in [0, 0.05) is 12.3 Å². The second-order valence-corrected chi connectivity index (χ2v) is 8.34. The van der Waals surface area contributed by atoms with Crippen molar-refractivity contribution in [3.8, 4) is 5.75 Å². The van der Waals surface area contributed by atoms with Crippen LogP contribution in [0, 0.1) is 0 Å².